The highest BCUT2D eigenvalue weighted by molar-refractivity contribution is 5.81. The normalized spacial score (nSPS) is 31.0. The van der Waals surface area contributed by atoms with Crippen LogP contribution in [0.1, 0.15) is 49.7 Å². The van der Waals surface area contributed by atoms with E-state index in [1.54, 1.807) is 7.11 Å². The highest BCUT2D eigenvalue weighted by Gasteiger charge is 2.56. The number of hydrogen-bond acceptors (Lipinski definition) is 6. The minimum atomic E-state index is -4.52. The summed E-state index contributed by atoms with van der Waals surface area (Å²) >= 11 is 0. The predicted molar refractivity (Wildman–Crippen MR) is 114 cm³/mol. The second-order valence-corrected chi connectivity index (χ2v) is 9.35. The first-order valence-electron chi connectivity index (χ1n) is 11.3. The topological polar surface area (TPSA) is 80.3 Å². The fourth-order valence-corrected chi connectivity index (χ4v) is 5.12. The molecular weight excluding hydrogens is 423 g/mol. The van der Waals surface area contributed by atoms with Gasteiger partial charge in [0.15, 0.2) is 12.2 Å². The van der Waals surface area contributed by atoms with E-state index < -0.39 is 24.5 Å². The van der Waals surface area contributed by atoms with E-state index >= 15 is 0 Å². The van der Waals surface area contributed by atoms with Crippen LogP contribution in [-0.4, -0.2) is 54.7 Å². The summed E-state index contributed by atoms with van der Waals surface area (Å²) in [6, 6.07) is 5.57. The van der Waals surface area contributed by atoms with Crippen LogP contribution >= 0.6 is 0 Å². The Kier molecular flexibility index (Phi) is 6.33. The number of halogens is 3. The van der Waals surface area contributed by atoms with Gasteiger partial charge in [0, 0.05) is 7.11 Å². The Morgan fingerprint density at radius 3 is 2.47 bits per heavy atom. The van der Waals surface area contributed by atoms with Gasteiger partial charge in [-0.3, -0.25) is 0 Å². The van der Waals surface area contributed by atoms with E-state index in [0.717, 1.165) is 36.1 Å². The van der Waals surface area contributed by atoms with E-state index in [1.807, 2.05) is 25.1 Å². The quantitative estimate of drug-likeness (QED) is 0.656. The Morgan fingerprint density at radius 2 is 1.88 bits per heavy atom. The van der Waals surface area contributed by atoms with Gasteiger partial charge in [-0.15, -0.1) is 0 Å². The summed E-state index contributed by atoms with van der Waals surface area (Å²) in [4.78, 5) is 5.37. The summed E-state index contributed by atoms with van der Waals surface area (Å²) in [6.45, 7) is 1.14. The molecule has 0 spiro atoms. The van der Waals surface area contributed by atoms with E-state index in [2.05, 4.69) is 4.99 Å². The van der Waals surface area contributed by atoms with E-state index in [4.69, 9.17) is 15.2 Å². The fourth-order valence-electron chi connectivity index (χ4n) is 5.12. The third-order valence-corrected chi connectivity index (χ3v) is 7.09. The lowest BCUT2D eigenvalue weighted by Gasteiger charge is -2.43. The number of aliphatic imine (C=N–C) groups is 1. The van der Waals surface area contributed by atoms with Crippen molar-refractivity contribution < 1.29 is 27.8 Å². The number of hydrogen-bond donors (Lipinski definition) is 2. The molecule has 3 aliphatic rings. The summed E-state index contributed by atoms with van der Waals surface area (Å²) in [5.74, 6) is 0.731. The maximum absolute atomic E-state index is 13.3. The van der Waals surface area contributed by atoms with E-state index in [-0.39, 0.29) is 18.0 Å². The first-order chi connectivity index (χ1) is 15.1. The Morgan fingerprint density at radius 1 is 1.19 bits per heavy atom. The number of aliphatic hydroxyl groups excluding tert-OH is 1. The lowest BCUT2D eigenvalue weighted by atomic mass is 9.69. The van der Waals surface area contributed by atoms with Gasteiger partial charge in [-0.1, -0.05) is 6.07 Å². The lowest BCUT2D eigenvalue weighted by molar-refractivity contribution is -0.159. The van der Waals surface area contributed by atoms with Crippen LogP contribution in [0.5, 0.6) is 5.75 Å². The predicted octanol–water partition coefficient (Wildman–Crippen LogP) is 3.70. The van der Waals surface area contributed by atoms with Gasteiger partial charge in [-0.25, -0.2) is 4.99 Å². The zero-order valence-corrected chi connectivity index (χ0v) is 18.6. The van der Waals surface area contributed by atoms with E-state index in [0.29, 0.717) is 36.7 Å². The second-order valence-electron chi connectivity index (χ2n) is 9.35. The molecule has 178 valence electrons. The van der Waals surface area contributed by atoms with Crippen LogP contribution in [0.2, 0.25) is 0 Å². The maximum Gasteiger partial charge on any atom is 0.406 e. The van der Waals surface area contributed by atoms with Crippen molar-refractivity contribution in [3.8, 4) is 5.75 Å². The SMILES string of the molecule is COC1CCC([C@@]2(c3cc(OCC4CC4)ccc3C)N=C(N)N(CC(F)(F)F)C2O)CC1. The van der Waals surface area contributed by atoms with Gasteiger partial charge in [0.25, 0.3) is 0 Å². The number of nitrogens with two attached hydrogens (primary N) is 1. The minimum absolute atomic E-state index is 0.101. The van der Waals surface area contributed by atoms with E-state index in [1.165, 1.54) is 0 Å². The van der Waals surface area contributed by atoms with Crippen LogP contribution in [0.25, 0.3) is 0 Å². The number of ether oxygens (including phenoxy) is 2. The van der Waals surface area contributed by atoms with Crippen molar-refractivity contribution in [2.75, 3.05) is 20.3 Å². The maximum atomic E-state index is 13.3. The van der Waals surface area contributed by atoms with Crippen LogP contribution in [0, 0.1) is 18.8 Å². The van der Waals surface area contributed by atoms with Crippen molar-refractivity contribution in [2.24, 2.45) is 22.6 Å². The molecular formula is C23H32F3N3O3. The number of methoxy groups -OCH3 is 1. The van der Waals surface area contributed by atoms with Crippen LogP contribution in [-0.2, 0) is 10.3 Å². The van der Waals surface area contributed by atoms with Crippen LogP contribution in [0.15, 0.2) is 23.2 Å². The highest BCUT2D eigenvalue weighted by Crippen LogP contribution is 2.50. The van der Waals surface area contributed by atoms with Crippen LogP contribution < -0.4 is 10.5 Å². The van der Waals surface area contributed by atoms with E-state index in [9.17, 15) is 18.3 Å². The van der Waals surface area contributed by atoms with Gasteiger partial charge in [-0.05, 0) is 80.5 Å². The number of aliphatic hydroxyl groups is 1. The molecule has 0 radical (unpaired) electrons. The van der Waals surface area contributed by atoms with Crippen molar-refractivity contribution in [2.45, 2.75) is 69.5 Å². The molecule has 2 aliphatic carbocycles. The molecule has 9 heteroatoms. The summed E-state index contributed by atoms with van der Waals surface area (Å²) in [5.41, 5.74) is 6.22. The molecule has 1 heterocycles. The Bertz CT molecular complexity index is 851. The van der Waals surface area contributed by atoms with Gasteiger partial charge in [0.05, 0.1) is 12.7 Å². The second kappa shape index (κ2) is 8.74. The molecule has 1 aromatic rings. The van der Waals surface area contributed by atoms with Gasteiger partial charge in [0.1, 0.15) is 17.8 Å². The third-order valence-electron chi connectivity index (χ3n) is 7.09. The average molecular weight is 456 g/mol. The van der Waals surface area contributed by atoms with Crippen LogP contribution in [0.4, 0.5) is 13.2 Å². The molecule has 6 nitrogen and oxygen atoms in total. The summed E-state index contributed by atoms with van der Waals surface area (Å²) in [6.07, 6.45) is -0.807. The molecule has 1 unspecified atom stereocenters. The fraction of sp³-hybridized carbons (Fsp3) is 0.696. The highest BCUT2D eigenvalue weighted by atomic mass is 19.4. The van der Waals surface area contributed by atoms with Crippen molar-refractivity contribution in [1.82, 2.24) is 4.90 Å². The first-order valence-corrected chi connectivity index (χ1v) is 11.3. The molecule has 0 amide bonds. The molecule has 0 aromatic heterocycles. The number of guanidine groups is 1. The van der Waals surface area contributed by atoms with Crippen molar-refractivity contribution in [3.05, 3.63) is 29.3 Å². The molecule has 2 saturated carbocycles. The Balaban J connectivity index is 1.73. The van der Waals surface area contributed by atoms with Gasteiger partial charge < -0.3 is 25.2 Å². The minimum Gasteiger partial charge on any atom is -0.493 e. The largest absolute Gasteiger partial charge is 0.493 e. The van der Waals surface area contributed by atoms with Gasteiger partial charge in [-0.2, -0.15) is 13.2 Å². The summed E-state index contributed by atoms with van der Waals surface area (Å²) in [7, 11) is 1.66. The molecule has 1 aliphatic heterocycles. The number of rotatable bonds is 7. The smallest absolute Gasteiger partial charge is 0.406 e. The lowest BCUT2D eigenvalue weighted by Crippen LogP contribution is -2.53. The zero-order chi connectivity index (χ0) is 23.1. The average Bonchev–Trinajstić information content (AvgIpc) is 3.55. The third kappa shape index (κ3) is 4.55. The number of aryl methyl sites for hydroxylation is 1. The first kappa shape index (κ1) is 23.2. The zero-order valence-electron chi connectivity index (χ0n) is 18.6. The molecule has 3 N–H and O–H groups in total. The van der Waals surface area contributed by atoms with Crippen LogP contribution in [0.3, 0.4) is 0 Å². The Hall–Kier alpha value is -2.00. The standard InChI is InChI=1S/C23H32F3N3O3/c1-14-3-8-18(32-12-15-4-5-15)11-19(14)23(16-6-9-17(31-2)10-7-16)20(30)29(21(27)28-23)13-22(24,25)26/h3,8,11,15-17,20,30H,4-7,9-10,12-13H2,1-2H3,(H2,27,28)/t16?,17?,20?,23-/m0/s1. The molecule has 4 rings (SSSR count). The molecule has 2 fully saturated rings. The molecule has 0 bridgehead atoms. The van der Waals surface area contributed by atoms with Gasteiger partial charge >= 0.3 is 6.18 Å². The number of alkyl halides is 3. The monoisotopic (exact) mass is 455 g/mol. The van der Waals surface area contributed by atoms with Gasteiger partial charge in [0.2, 0.25) is 0 Å². The number of benzene rings is 1. The van der Waals surface area contributed by atoms with Crippen molar-refractivity contribution in [1.29, 1.82) is 0 Å². The van der Waals surface area contributed by atoms with Crippen molar-refractivity contribution in [3.63, 3.8) is 0 Å². The molecule has 32 heavy (non-hydrogen) atoms. The summed E-state index contributed by atoms with van der Waals surface area (Å²) in [5, 5.41) is 11.4. The number of nitrogens with zero attached hydrogens (tertiary/aromatic N) is 2. The molecule has 1 aromatic carbocycles. The Labute approximate surface area is 186 Å². The molecule has 2 atom stereocenters. The summed E-state index contributed by atoms with van der Waals surface area (Å²) < 4.78 is 51.2. The van der Waals surface area contributed by atoms with Crippen molar-refractivity contribution >= 4 is 5.96 Å². The molecule has 0 saturated heterocycles.